The summed E-state index contributed by atoms with van der Waals surface area (Å²) in [7, 11) is 0. The zero-order valence-corrected chi connectivity index (χ0v) is 16.4. The van der Waals surface area contributed by atoms with Gasteiger partial charge in [-0.05, 0) is 31.2 Å². The molecule has 0 saturated heterocycles. The smallest absolute Gasteiger partial charge is 0.332 e. The van der Waals surface area contributed by atoms with Crippen LogP contribution in [-0.2, 0) is 15.8 Å². The summed E-state index contributed by atoms with van der Waals surface area (Å²) in [5.41, 5.74) is -1.07. The van der Waals surface area contributed by atoms with Crippen LogP contribution in [0, 0.1) is 0 Å². The molecule has 0 aliphatic carbocycles. The van der Waals surface area contributed by atoms with Gasteiger partial charge in [0.1, 0.15) is 6.54 Å². The van der Waals surface area contributed by atoms with Crippen LogP contribution in [0.2, 0.25) is 0 Å². The summed E-state index contributed by atoms with van der Waals surface area (Å²) in [5, 5.41) is 2.16. The lowest BCUT2D eigenvalue weighted by molar-refractivity contribution is -0.137. The van der Waals surface area contributed by atoms with Crippen LogP contribution in [0.25, 0.3) is 0 Å². The maximum atomic E-state index is 13.1. The Balaban J connectivity index is 1.67. The van der Waals surface area contributed by atoms with Gasteiger partial charge in [0.05, 0.1) is 28.9 Å². The number of carbonyl (C=O) groups is 4. The van der Waals surface area contributed by atoms with Crippen LogP contribution in [-0.4, -0.2) is 53.1 Å². The minimum absolute atomic E-state index is 0.0519. The van der Waals surface area contributed by atoms with E-state index in [4.69, 9.17) is 0 Å². The Labute approximate surface area is 175 Å². The van der Waals surface area contributed by atoms with Crippen molar-refractivity contribution in [2.75, 3.05) is 25.0 Å². The quantitative estimate of drug-likeness (QED) is 0.710. The third-order valence-corrected chi connectivity index (χ3v) is 4.75. The van der Waals surface area contributed by atoms with Crippen LogP contribution in [0.5, 0.6) is 0 Å². The number of hydrogen-bond acceptors (Lipinski definition) is 4. The fourth-order valence-corrected chi connectivity index (χ4v) is 3.20. The molecule has 0 bridgehead atoms. The second-order valence-corrected chi connectivity index (χ2v) is 6.74. The number of alkyl halides is 3. The van der Waals surface area contributed by atoms with Gasteiger partial charge in [0.15, 0.2) is 0 Å². The van der Waals surface area contributed by atoms with Crippen LogP contribution < -0.4 is 5.32 Å². The molecular weight excluding hydrogens is 415 g/mol. The third-order valence-electron chi connectivity index (χ3n) is 4.75. The first-order valence-corrected chi connectivity index (χ1v) is 9.32. The third kappa shape index (κ3) is 4.57. The van der Waals surface area contributed by atoms with E-state index in [2.05, 4.69) is 5.32 Å². The van der Waals surface area contributed by atoms with Crippen molar-refractivity contribution in [1.82, 2.24) is 9.80 Å². The topological polar surface area (TPSA) is 86.8 Å². The van der Waals surface area contributed by atoms with Gasteiger partial charge in [0.2, 0.25) is 11.8 Å². The molecule has 162 valence electrons. The molecule has 1 heterocycles. The average Bonchev–Trinajstić information content (AvgIpc) is 2.96. The molecule has 1 aliphatic rings. The Morgan fingerprint density at radius 3 is 2.06 bits per heavy atom. The summed E-state index contributed by atoms with van der Waals surface area (Å²) in [6.45, 7) is 0.505. The van der Waals surface area contributed by atoms with Crippen molar-refractivity contribution in [2.45, 2.75) is 13.1 Å². The zero-order chi connectivity index (χ0) is 22.8. The number of rotatable bonds is 6. The highest BCUT2D eigenvalue weighted by Gasteiger charge is 2.37. The number of likely N-dealkylation sites (N-methyl/N-ethyl adjacent to an activating group) is 1. The molecule has 0 atom stereocenters. The molecule has 4 amide bonds. The Bertz CT molecular complexity index is 1020. The molecule has 7 nitrogen and oxygen atoms in total. The summed E-state index contributed by atoms with van der Waals surface area (Å²) >= 11 is 0. The largest absolute Gasteiger partial charge is 0.418 e. The lowest BCUT2D eigenvalue weighted by atomic mass is 10.1. The van der Waals surface area contributed by atoms with Crippen molar-refractivity contribution < 1.29 is 32.3 Å². The Morgan fingerprint density at radius 1 is 0.968 bits per heavy atom. The number of fused-ring (bicyclic) bond motifs is 1. The average molecular weight is 433 g/mol. The first kappa shape index (κ1) is 22.0. The van der Waals surface area contributed by atoms with Gasteiger partial charge in [0.25, 0.3) is 11.8 Å². The van der Waals surface area contributed by atoms with E-state index in [9.17, 15) is 32.3 Å². The van der Waals surface area contributed by atoms with Crippen LogP contribution in [0.3, 0.4) is 0 Å². The van der Waals surface area contributed by atoms with Crippen LogP contribution in [0.1, 0.15) is 33.2 Å². The molecular formula is C21H18F3N3O4. The zero-order valence-electron chi connectivity index (χ0n) is 16.4. The molecule has 0 spiro atoms. The lowest BCUT2D eigenvalue weighted by Crippen LogP contribution is -2.45. The number of imide groups is 1. The summed E-state index contributed by atoms with van der Waals surface area (Å²) < 4.78 is 39.3. The van der Waals surface area contributed by atoms with Crippen molar-refractivity contribution in [3.8, 4) is 0 Å². The monoisotopic (exact) mass is 433 g/mol. The number of benzene rings is 2. The highest BCUT2D eigenvalue weighted by molar-refractivity contribution is 6.22. The molecule has 0 saturated carbocycles. The standard InChI is InChI=1S/C21H18F3N3O4/c1-2-26(11-17(28)25-16-10-6-5-9-15(16)21(22,23)24)18(29)12-27-19(30)13-7-3-4-8-14(13)20(27)31/h3-10H,2,11-12H2,1H3,(H,25,28). The predicted molar refractivity (Wildman–Crippen MR) is 104 cm³/mol. The second kappa shape index (κ2) is 8.58. The van der Waals surface area contributed by atoms with E-state index in [1.807, 2.05) is 0 Å². The molecule has 0 fully saturated rings. The van der Waals surface area contributed by atoms with Gasteiger partial charge in [-0.3, -0.25) is 24.1 Å². The maximum absolute atomic E-state index is 13.1. The van der Waals surface area contributed by atoms with Gasteiger partial charge in [-0.15, -0.1) is 0 Å². The molecule has 10 heteroatoms. The molecule has 0 aromatic heterocycles. The molecule has 3 rings (SSSR count). The lowest BCUT2D eigenvalue weighted by Gasteiger charge is -2.23. The highest BCUT2D eigenvalue weighted by Crippen LogP contribution is 2.34. The van der Waals surface area contributed by atoms with E-state index in [-0.39, 0.29) is 17.7 Å². The van der Waals surface area contributed by atoms with Crippen molar-refractivity contribution in [3.63, 3.8) is 0 Å². The summed E-state index contributed by atoms with van der Waals surface area (Å²) in [4.78, 5) is 51.5. The highest BCUT2D eigenvalue weighted by atomic mass is 19.4. The van der Waals surface area contributed by atoms with Crippen molar-refractivity contribution in [1.29, 1.82) is 0 Å². The second-order valence-electron chi connectivity index (χ2n) is 6.74. The number of nitrogens with zero attached hydrogens (tertiary/aromatic N) is 2. The Morgan fingerprint density at radius 2 is 1.52 bits per heavy atom. The van der Waals surface area contributed by atoms with Crippen molar-refractivity contribution in [2.24, 2.45) is 0 Å². The first-order chi connectivity index (χ1) is 14.6. The number of anilines is 1. The first-order valence-electron chi connectivity index (χ1n) is 9.32. The number of halogens is 3. The maximum Gasteiger partial charge on any atom is 0.418 e. The van der Waals surface area contributed by atoms with E-state index >= 15 is 0 Å². The van der Waals surface area contributed by atoms with Gasteiger partial charge in [-0.1, -0.05) is 24.3 Å². The minimum atomic E-state index is -4.66. The Hall–Kier alpha value is -3.69. The summed E-state index contributed by atoms with van der Waals surface area (Å²) in [6, 6.07) is 10.6. The molecule has 2 aromatic carbocycles. The van der Waals surface area contributed by atoms with Crippen LogP contribution >= 0.6 is 0 Å². The van der Waals surface area contributed by atoms with Gasteiger partial charge in [-0.25, -0.2) is 0 Å². The van der Waals surface area contributed by atoms with E-state index in [0.717, 1.165) is 21.9 Å². The van der Waals surface area contributed by atoms with Gasteiger partial charge in [0, 0.05) is 6.54 Å². The van der Waals surface area contributed by atoms with Crippen LogP contribution in [0.4, 0.5) is 18.9 Å². The molecule has 1 aliphatic heterocycles. The molecule has 0 radical (unpaired) electrons. The van der Waals surface area contributed by atoms with Crippen LogP contribution in [0.15, 0.2) is 48.5 Å². The molecule has 31 heavy (non-hydrogen) atoms. The SMILES string of the molecule is CCN(CC(=O)Nc1ccccc1C(F)(F)F)C(=O)CN1C(=O)c2ccccc2C1=O. The minimum Gasteiger partial charge on any atom is -0.332 e. The summed E-state index contributed by atoms with van der Waals surface area (Å²) in [6.07, 6.45) is -4.66. The molecule has 2 aromatic rings. The Kier molecular flexibility index (Phi) is 6.09. The fraction of sp³-hybridized carbons (Fsp3) is 0.238. The normalized spacial score (nSPS) is 13.2. The van der Waals surface area contributed by atoms with Gasteiger partial charge >= 0.3 is 6.18 Å². The molecule has 1 N–H and O–H groups in total. The number of hydrogen-bond donors (Lipinski definition) is 1. The van der Waals surface area contributed by atoms with E-state index in [0.29, 0.717) is 0 Å². The van der Waals surface area contributed by atoms with Crippen molar-refractivity contribution >= 4 is 29.3 Å². The van der Waals surface area contributed by atoms with Gasteiger partial charge in [-0.2, -0.15) is 13.2 Å². The summed E-state index contributed by atoms with van der Waals surface area (Å²) in [5.74, 6) is -2.76. The van der Waals surface area contributed by atoms with Crippen molar-refractivity contribution in [3.05, 3.63) is 65.2 Å². The van der Waals surface area contributed by atoms with E-state index < -0.39 is 54.1 Å². The molecule has 0 unspecified atom stereocenters. The number of amides is 4. The van der Waals surface area contributed by atoms with E-state index in [1.54, 1.807) is 19.1 Å². The van der Waals surface area contributed by atoms with E-state index in [1.165, 1.54) is 24.3 Å². The number of carbonyl (C=O) groups excluding carboxylic acids is 4. The van der Waals surface area contributed by atoms with Gasteiger partial charge < -0.3 is 10.2 Å². The predicted octanol–water partition coefficient (Wildman–Crippen LogP) is 2.79. The number of nitrogens with one attached hydrogen (secondary N) is 1. The fourth-order valence-electron chi connectivity index (χ4n) is 3.20. The number of para-hydroxylation sites is 1.